The Balaban J connectivity index is 1.46. The number of nitrogen functional groups attached to an aromatic ring is 2. The number of oxime groups is 1. The summed E-state index contributed by atoms with van der Waals surface area (Å²) in [5.41, 5.74) is 11.6. The van der Waals surface area contributed by atoms with E-state index in [-0.39, 0.29) is 10.8 Å². The second-order valence-electron chi connectivity index (χ2n) is 10.9. The third kappa shape index (κ3) is 7.96. The van der Waals surface area contributed by atoms with Crippen molar-refractivity contribution in [1.82, 2.24) is 20.0 Å². The molecule has 3 aromatic rings. The van der Waals surface area contributed by atoms with Crippen LogP contribution in [0.4, 0.5) is 10.9 Å². The zero-order valence-corrected chi connectivity index (χ0v) is 27.4. The Labute approximate surface area is 273 Å². The van der Waals surface area contributed by atoms with Gasteiger partial charge in [-0.1, -0.05) is 30.6 Å². The van der Waals surface area contributed by atoms with Crippen LogP contribution in [0.25, 0.3) is 11.1 Å². The van der Waals surface area contributed by atoms with Crippen molar-refractivity contribution in [3.8, 4) is 16.9 Å². The van der Waals surface area contributed by atoms with Gasteiger partial charge >= 0.3 is 16.4 Å². The first-order valence-corrected chi connectivity index (χ1v) is 16.4. The highest BCUT2D eigenvalue weighted by molar-refractivity contribution is 7.80. The monoisotopic (exact) mass is 695 g/mol. The molecule has 7 N–H and O–H groups in total. The van der Waals surface area contributed by atoms with Crippen molar-refractivity contribution in [2.24, 2.45) is 12.2 Å². The van der Waals surface area contributed by atoms with Crippen LogP contribution in [0.3, 0.4) is 0 Å². The largest absolute Gasteiger partial charge is 0.489 e. The summed E-state index contributed by atoms with van der Waals surface area (Å²) in [5, 5.41) is 17.6. The van der Waals surface area contributed by atoms with Gasteiger partial charge in [-0.2, -0.15) is 13.5 Å². The van der Waals surface area contributed by atoms with Gasteiger partial charge in [0.2, 0.25) is 6.20 Å². The number of carboxylic acids is 1. The van der Waals surface area contributed by atoms with Crippen molar-refractivity contribution < 1.29 is 51.0 Å². The van der Waals surface area contributed by atoms with Gasteiger partial charge in [-0.3, -0.25) is 14.1 Å². The van der Waals surface area contributed by atoms with Gasteiger partial charge < -0.3 is 31.5 Å². The average molecular weight is 696 g/mol. The molecule has 1 aromatic carbocycles. The Bertz CT molecular complexity index is 1790. The third-order valence-corrected chi connectivity index (χ3v) is 8.25. The lowest BCUT2D eigenvalue weighted by Crippen LogP contribution is -2.76. The fourth-order valence-electron chi connectivity index (χ4n) is 4.56. The van der Waals surface area contributed by atoms with E-state index in [1.54, 1.807) is 24.3 Å². The van der Waals surface area contributed by atoms with Crippen molar-refractivity contribution in [2.75, 3.05) is 18.1 Å². The highest BCUT2D eigenvalue weighted by atomic mass is 32.3. The van der Waals surface area contributed by atoms with E-state index in [0.29, 0.717) is 16.6 Å². The van der Waals surface area contributed by atoms with Gasteiger partial charge in [0, 0.05) is 11.8 Å². The van der Waals surface area contributed by atoms with Crippen LogP contribution in [0.15, 0.2) is 41.0 Å². The zero-order valence-electron chi connectivity index (χ0n) is 25.8. The molecule has 0 aliphatic carbocycles. The quantitative estimate of drug-likeness (QED) is 0.0478. The fraction of sp³-hybridized carbons (Fsp3) is 0.407. The second-order valence-corrected chi connectivity index (χ2v) is 12.8. The number of thiazole rings is 1. The minimum atomic E-state index is -5.02. The number of unbranched alkanes of at least 4 members (excludes halogenated alkanes) is 1. The SMILES string of the molecule is CCCC[n+]1cc(-c2ccc(OC[C@H](O/N=C(\C(=O)N[C@@H]3C(=O)N(OS(=O)(=O)O)C3(C)C)c3csc(N)n3)C(=O)O)cc2)c(N)n1C. The van der Waals surface area contributed by atoms with Crippen molar-refractivity contribution in [2.45, 2.75) is 57.8 Å². The number of carbonyl (C=O) groups excluding carboxylic acids is 2. The summed E-state index contributed by atoms with van der Waals surface area (Å²) < 4.78 is 45.0. The minimum absolute atomic E-state index is 0.0582. The number of ether oxygens (including phenoxy) is 1. The maximum Gasteiger partial charge on any atom is 0.418 e. The number of carboxylic acid groups (broad SMARTS) is 1. The number of hydrogen-bond acceptors (Lipinski definition) is 13. The van der Waals surface area contributed by atoms with Gasteiger partial charge in [0.25, 0.3) is 17.9 Å². The number of nitrogens with two attached hydrogens (primary N) is 2. The van der Waals surface area contributed by atoms with E-state index in [1.165, 1.54) is 19.2 Å². The van der Waals surface area contributed by atoms with E-state index < -0.39 is 58.2 Å². The lowest BCUT2D eigenvalue weighted by atomic mass is 9.84. The number of β-lactam (4-membered cyclic amide) rings is 1. The van der Waals surface area contributed by atoms with Crippen LogP contribution in [-0.4, -0.2) is 80.6 Å². The molecule has 0 saturated carbocycles. The molecule has 4 rings (SSSR count). The summed E-state index contributed by atoms with van der Waals surface area (Å²) >= 11 is 0.959. The number of rotatable bonds is 15. The van der Waals surface area contributed by atoms with Crippen LogP contribution in [0, 0.1) is 0 Å². The number of aromatic nitrogens is 3. The Kier molecular flexibility index (Phi) is 10.4. The van der Waals surface area contributed by atoms with Crippen molar-refractivity contribution in [1.29, 1.82) is 0 Å². The van der Waals surface area contributed by atoms with Crippen LogP contribution in [0.2, 0.25) is 0 Å². The molecule has 254 valence electrons. The van der Waals surface area contributed by atoms with Gasteiger partial charge in [-0.05, 0) is 31.5 Å². The molecule has 20 heteroatoms. The number of aliphatic carboxylic acids is 1. The molecular formula is C27H35N8O10S2+. The topological polar surface area (TPSA) is 255 Å². The number of nitrogens with zero attached hydrogens (tertiary/aromatic N) is 5. The maximum atomic E-state index is 13.2. The molecule has 1 aliphatic rings. The Hall–Kier alpha value is -4.79. The van der Waals surface area contributed by atoms with E-state index in [2.05, 4.69) is 26.7 Å². The summed E-state index contributed by atoms with van der Waals surface area (Å²) in [7, 11) is -3.14. The summed E-state index contributed by atoms with van der Waals surface area (Å²) in [6.45, 7) is 5.14. The number of anilines is 2. The van der Waals surface area contributed by atoms with Crippen molar-refractivity contribution in [3.05, 3.63) is 41.5 Å². The van der Waals surface area contributed by atoms with Crippen LogP contribution >= 0.6 is 11.3 Å². The highest BCUT2D eigenvalue weighted by Crippen LogP contribution is 2.33. The third-order valence-electron chi connectivity index (χ3n) is 7.24. The molecule has 2 aromatic heterocycles. The predicted octanol–water partition coefficient (Wildman–Crippen LogP) is 0.494. The van der Waals surface area contributed by atoms with E-state index in [1.807, 2.05) is 22.6 Å². The molecule has 2 amide bonds. The molecule has 47 heavy (non-hydrogen) atoms. The first-order chi connectivity index (χ1) is 22.0. The number of benzene rings is 1. The molecule has 0 spiro atoms. The molecule has 1 fully saturated rings. The molecule has 3 heterocycles. The fourth-order valence-corrected chi connectivity index (χ4v) is 5.56. The van der Waals surface area contributed by atoms with E-state index in [4.69, 9.17) is 25.6 Å². The minimum Gasteiger partial charge on any atom is -0.489 e. The number of amides is 2. The van der Waals surface area contributed by atoms with Gasteiger partial charge in [0.1, 0.15) is 24.1 Å². The summed E-state index contributed by atoms with van der Waals surface area (Å²) in [6.07, 6.45) is 2.32. The number of carbonyl (C=O) groups is 3. The second kappa shape index (κ2) is 13.9. The van der Waals surface area contributed by atoms with Crippen molar-refractivity contribution in [3.63, 3.8) is 0 Å². The van der Waals surface area contributed by atoms with Gasteiger partial charge in [-0.25, -0.2) is 9.78 Å². The Morgan fingerprint density at radius 1 is 1.26 bits per heavy atom. The normalized spacial score (nSPS) is 16.8. The summed E-state index contributed by atoms with van der Waals surface area (Å²) in [6, 6.07) is 5.51. The number of hydroxylamine groups is 2. The first-order valence-electron chi connectivity index (χ1n) is 14.1. The van der Waals surface area contributed by atoms with Crippen LogP contribution in [-0.2, 0) is 47.5 Å². The molecule has 18 nitrogen and oxygen atoms in total. The van der Waals surface area contributed by atoms with Crippen LogP contribution in [0.5, 0.6) is 5.75 Å². The highest BCUT2D eigenvalue weighted by Gasteiger charge is 2.58. The Morgan fingerprint density at radius 2 is 1.94 bits per heavy atom. The smallest absolute Gasteiger partial charge is 0.418 e. The van der Waals surface area contributed by atoms with E-state index >= 15 is 0 Å². The molecule has 0 bridgehead atoms. The summed E-state index contributed by atoms with van der Waals surface area (Å²) in [5.74, 6) is -2.56. The zero-order chi connectivity index (χ0) is 34.7. The summed E-state index contributed by atoms with van der Waals surface area (Å²) in [4.78, 5) is 46.9. The van der Waals surface area contributed by atoms with Crippen molar-refractivity contribution >= 4 is 56.2 Å². The van der Waals surface area contributed by atoms with E-state index in [0.717, 1.165) is 41.9 Å². The van der Waals surface area contributed by atoms with Gasteiger partial charge in [0.05, 0.1) is 18.2 Å². The molecule has 0 radical (unpaired) electrons. The Morgan fingerprint density at radius 3 is 2.49 bits per heavy atom. The maximum absolute atomic E-state index is 13.2. The predicted molar refractivity (Wildman–Crippen MR) is 167 cm³/mol. The standard InChI is InChI=1S/C27H34N8O10S2/c1-5-6-11-34-12-17(22(28)33(34)4)15-7-9-16(10-8-15)43-13-19(25(38)39)44-32-20(18-14-46-26(29)30-18)23(36)31-21-24(37)35(27(21,2)3)45-47(40,41)42/h7-10,12,14,19,21,28H,5-6,11,13H2,1-4H3,(H5,29,30,31,36,38,39,40,41,42)/p+1/b32-20-/t19-,21+/m0/s1. The molecule has 2 atom stereocenters. The molecular weight excluding hydrogens is 660 g/mol. The van der Waals surface area contributed by atoms with Gasteiger partial charge in [-0.15, -0.1) is 25.0 Å². The van der Waals surface area contributed by atoms with Crippen LogP contribution in [0.1, 0.15) is 39.3 Å². The average Bonchev–Trinajstić information content (AvgIpc) is 3.56. The molecule has 1 aliphatic heterocycles. The van der Waals surface area contributed by atoms with Crippen LogP contribution < -0.4 is 26.2 Å². The number of aryl methyl sites for hydroxylation is 1. The molecule has 1 saturated heterocycles. The van der Waals surface area contributed by atoms with E-state index in [9.17, 15) is 27.9 Å². The number of hydrogen-bond donors (Lipinski definition) is 5. The molecule has 0 unspecified atom stereocenters. The first kappa shape index (κ1) is 35.1. The number of nitrogens with one attached hydrogen (secondary N) is 1. The lowest BCUT2D eigenvalue weighted by molar-refractivity contribution is -0.772. The lowest BCUT2D eigenvalue weighted by Gasteiger charge is -2.50. The van der Waals surface area contributed by atoms with Gasteiger partial charge in [0.15, 0.2) is 23.2 Å².